The summed E-state index contributed by atoms with van der Waals surface area (Å²) in [5.41, 5.74) is 2.47. The van der Waals surface area contributed by atoms with Gasteiger partial charge in [-0.05, 0) is 49.7 Å². The first kappa shape index (κ1) is 25.2. The molecule has 28 heavy (non-hydrogen) atoms. The Kier molecular flexibility index (Phi) is 13.5. The number of rotatable bonds is 10. The fourth-order valence-electron chi connectivity index (χ4n) is 3.33. The summed E-state index contributed by atoms with van der Waals surface area (Å²) >= 11 is 0. The summed E-state index contributed by atoms with van der Waals surface area (Å²) in [6.45, 7) is 10.1. The van der Waals surface area contributed by atoms with Gasteiger partial charge in [0.1, 0.15) is 0 Å². The molecule has 0 radical (unpaired) electrons. The van der Waals surface area contributed by atoms with Gasteiger partial charge < -0.3 is 19.7 Å². The Bertz CT molecular complexity index is 562. The average molecular weight is 503 g/mol. The maximum atomic E-state index is 5.73. The summed E-state index contributed by atoms with van der Waals surface area (Å²) in [7, 11) is 2.14. The second-order valence-electron chi connectivity index (χ2n) is 7.26. The van der Waals surface area contributed by atoms with Crippen molar-refractivity contribution in [3.05, 3.63) is 35.4 Å². The van der Waals surface area contributed by atoms with E-state index in [1.165, 1.54) is 30.4 Å². The Morgan fingerprint density at radius 1 is 1.21 bits per heavy atom. The van der Waals surface area contributed by atoms with Crippen molar-refractivity contribution in [2.45, 2.75) is 52.7 Å². The van der Waals surface area contributed by atoms with Gasteiger partial charge in [-0.25, -0.2) is 4.99 Å². The zero-order chi connectivity index (χ0) is 19.3. The molecule has 1 aromatic carbocycles. The Morgan fingerprint density at radius 3 is 2.61 bits per heavy atom. The van der Waals surface area contributed by atoms with Crippen molar-refractivity contribution in [1.82, 2.24) is 10.2 Å². The first-order chi connectivity index (χ1) is 13.2. The van der Waals surface area contributed by atoms with Crippen LogP contribution in [0.2, 0.25) is 0 Å². The first-order valence-corrected chi connectivity index (χ1v) is 10.5. The van der Waals surface area contributed by atoms with E-state index >= 15 is 0 Å². The van der Waals surface area contributed by atoms with E-state index in [4.69, 9.17) is 14.5 Å². The Balaban J connectivity index is 0.00000392. The molecule has 0 aliphatic carbocycles. The molecule has 1 N–H and O–H groups in total. The van der Waals surface area contributed by atoms with Gasteiger partial charge in [0.2, 0.25) is 0 Å². The van der Waals surface area contributed by atoms with Crippen LogP contribution in [-0.4, -0.2) is 50.8 Å². The Labute approximate surface area is 188 Å². The maximum absolute atomic E-state index is 5.73. The van der Waals surface area contributed by atoms with Gasteiger partial charge in [0.25, 0.3) is 0 Å². The largest absolute Gasteiger partial charge is 0.381 e. The number of hydrogen-bond donors (Lipinski definition) is 1. The summed E-state index contributed by atoms with van der Waals surface area (Å²) in [5, 5.41) is 3.43. The summed E-state index contributed by atoms with van der Waals surface area (Å²) in [5.74, 6) is 1.76. The minimum atomic E-state index is 0. The van der Waals surface area contributed by atoms with Crippen molar-refractivity contribution in [3.63, 3.8) is 0 Å². The van der Waals surface area contributed by atoms with Gasteiger partial charge >= 0.3 is 0 Å². The fourth-order valence-corrected chi connectivity index (χ4v) is 3.33. The molecule has 1 heterocycles. The molecule has 0 bridgehead atoms. The molecule has 1 aliphatic heterocycles. The smallest absolute Gasteiger partial charge is 0.193 e. The lowest BCUT2D eigenvalue weighted by molar-refractivity contribution is 0.0625. The number of hydrogen-bond acceptors (Lipinski definition) is 3. The first-order valence-electron chi connectivity index (χ1n) is 10.5. The predicted molar refractivity (Wildman–Crippen MR) is 127 cm³/mol. The number of halogens is 1. The van der Waals surface area contributed by atoms with E-state index in [0.29, 0.717) is 13.2 Å². The molecule has 1 aliphatic rings. The normalized spacial score (nSPS) is 15.2. The summed E-state index contributed by atoms with van der Waals surface area (Å²) < 4.78 is 11.2. The highest BCUT2D eigenvalue weighted by Crippen LogP contribution is 2.18. The molecule has 0 aromatic heterocycles. The van der Waals surface area contributed by atoms with E-state index in [0.717, 1.165) is 51.2 Å². The SMILES string of the molecule is CCCOCc1ccccc1CN=C(NCC)N(C)CCC1CCOCC1.I. The van der Waals surface area contributed by atoms with Gasteiger partial charge in [-0.3, -0.25) is 0 Å². The van der Waals surface area contributed by atoms with Gasteiger partial charge in [0, 0.05) is 40.0 Å². The van der Waals surface area contributed by atoms with Crippen LogP contribution in [0.15, 0.2) is 29.3 Å². The lowest BCUT2D eigenvalue weighted by Crippen LogP contribution is -2.40. The molecule has 0 spiro atoms. The topological polar surface area (TPSA) is 46.1 Å². The van der Waals surface area contributed by atoms with Crippen molar-refractivity contribution in [2.24, 2.45) is 10.9 Å². The van der Waals surface area contributed by atoms with E-state index in [-0.39, 0.29) is 24.0 Å². The molecule has 0 amide bonds. The molecule has 1 saturated heterocycles. The van der Waals surface area contributed by atoms with Crippen LogP contribution in [0, 0.1) is 5.92 Å². The second kappa shape index (κ2) is 15.0. The maximum Gasteiger partial charge on any atom is 0.193 e. The van der Waals surface area contributed by atoms with Crippen LogP contribution in [0.4, 0.5) is 0 Å². The molecular weight excluding hydrogens is 465 g/mol. The van der Waals surface area contributed by atoms with Gasteiger partial charge in [0.05, 0.1) is 13.2 Å². The van der Waals surface area contributed by atoms with Crippen molar-refractivity contribution in [3.8, 4) is 0 Å². The van der Waals surface area contributed by atoms with Crippen LogP contribution in [0.1, 0.15) is 50.7 Å². The number of ether oxygens (including phenoxy) is 2. The third-order valence-electron chi connectivity index (χ3n) is 5.03. The fraction of sp³-hybridized carbons (Fsp3) is 0.682. The van der Waals surface area contributed by atoms with Gasteiger partial charge in [-0.2, -0.15) is 0 Å². The van der Waals surface area contributed by atoms with E-state index < -0.39 is 0 Å². The summed E-state index contributed by atoms with van der Waals surface area (Å²) in [6.07, 6.45) is 4.62. The van der Waals surface area contributed by atoms with Crippen molar-refractivity contribution >= 4 is 29.9 Å². The molecule has 160 valence electrons. The van der Waals surface area contributed by atoms with E-state index in [2.05, 4.69) is 55.4 Å². The molecule has 0 atom stereocenters. The second-order valence-corrected chi connectivity index (χ2v) is 7.26. The van der Waals surface area contributed by atoms with Crippen LogP contribution in [-0.2, 0) is 22.6 Å². The molecule has 1 fully saturated rings. The van der Waals surface area contributed by atoms with Crippen molar-refractivity contribution in [1.29, 1.82) is 0 Å². The van der Waals surface area contributed by atoms with Gasteiger partial charge in [-0.15, -0.1) is 24.0 Å². The third kappa shape index (κ3) is 9.09. The lowest BCUT2D eigenvalue weighted by atomic mass is 9.96. The van der Waals surface area contributed by atoms with Crippen molar-refractivity contribution < 1.29 is 9.47 Å². The van der Waals surface area contributed by atoms with E-state index in [1.54, 1.807) is 0 Å². The molecule has 2 rings (SSSR count). The summed E-state index contributed by atoms with van der Waals surface area (Å²) in [6, 6.07) is 8.45. The lowest BCUT2D eigenvalue weighted by Gasteiger charge is -2.27. The minimum absolute atomic E-state index is 0. The molecule has 0 saturated carbocycles. The highest BCUT2D eigenvalue weighted by molar-refractivity contribution is 14.0. The third-order valence-corrected chi connectivity index (χ3v) is 5.03. The zero-order valence-electron chi connectivity index (χ0n) is 17.8. The number of nitrogens with zero attached hydrogens (tertiary/aromatic N) is 2. The Morgan fingerprint density at radius 2 is 1.93 bits per heavy atom. The predicted octanol–water partition coefficient (Wildman–Crippen LogP) is 4.45. The van der Waals surface area contributed by atoms with Crippen LogP contribution in [0.25, 0.3) is 0 Å². The van der Waals surface area contributed by atoms with Gasteiger partial charge in [0.15, 0.2) is 5.96 Å². The van der Waals surface area contributed by atoms with Crippen LogP contribution < -0.4 is 5.32 Å². The number of benzene rings is 1. The van der Waals surface area contributed by atoms with E-state index in [1.807, 2.05) is 0 Å². The highest BCUT2D eigenvalue weighted by Gasteiger charge is 2.15. The van der Waals surface area contributed by atoms with Crippen LogP contribution in [0.3, 0.4) is 0 Å². The van der Waals surface area contributed by atoms with Gasteiger partial charge in [-0.1, -0.05) is 31.2 Å². The monoisotopic (exact) mass is 503 g/mol. The Hall–Kier alpha value is -0.860. The molecule has 5 nitrogen and oxygen atoms in total. The average Bonchev–Trinajstić information content (AvgIpc) is 2.71. The van der Waals surface area contributed by atoms with Crippen molar-refractivity contribution in [2.75, 3.05) is 40.0 Å². The molecular formula is C22H38IN3O2. The highest BCUT2D eigenvalue weighted by atomic mass is 127. The molecule has 1 aromatic rings. The zero-order valence-corrected chi connectivity index (χ0v) is 20.1. The van der Waals surface area contributed by atoms with Crippen LogP contribution in [0.5, 0.6) is 0 Å². The quantitative estimate of drug-likeness (QED) is 0.222. The number of guanidine groups is 1. The minimum Gasteiger partial charge on any atom is -0.381 e. The van der Waals surface area contributed by atoms with E-state index in [9.17, 15) is 0 Å². The molecule has 6 heteroatoms. The molecule has 0 unspecified atom stereocenters. The summed E-state index contributed by atoms with van der Waals surface area (Å²) in [4.78, 5) is 7.15. The number of aliphatic imine (C=N–C) groups is 1. The van der Waals surface area contributed by atoms with Crippen LogP contribution >= 0.6 is 24.0 Å². The number of nitrogens with one attached hydrogen (secondary N) is 1. The standard InChI is InChI=1S/C22H37N3O2.HI/c1-4-14-27-18-21-9-7-6-8-20(21)17-24-22(23-5-2)25(3)13-10-19-11-15-26-16-12-19;/h6-9,19H,4-5,10-18H2,1-3H3,(H,23,24);1H.